The fourth-order valence-corrected chi connectivity index (χ4v) is 2.80. The number of halogens is 1. The van der Waals surface area contributed by atoms with Gasteiger partial charge in [-0.05, 0) is 36.4 Å². The van der Waals surface area contributed by atoms with Gasteiger partial charge in [-0.2, -0.15) is 0 Å². The zero-order chi connectivity index (χ0) is 15.5. The number of benzene rings is 2. The molecule has 112 valence electrons. The SMILES string of the molecule is CN1CC(=O)N(/C=C\c2ccc(Cl)cc2)C1c1ccccc1. The molecule has 1 aliphatic rings. The summed E-state index contributed by atoms with van der Waals surface area (Å²) >= 11 is 5.89. The first-order chi connectivity index (χ1) is 10.6. The van der Waals surface area contributed by atoms with Crippen molar-refractivity contribution in [2.45, 2.75) is 6.17 Å². The maximum atomic E-state index is 12.3. The van der Waals surface area contributed by atoms with Crippen LogP contribution in [-0.2, 0) is 4.79 Å². The molecule has 0 aliphatic carbocycles. The molecule has 1 unspecified atom stereocenters. The average molecular weight is 313 g/mol. The van der Waals surface area contributed by atoms with E-state index in [1.165, 1.54) is 0 Å². The van der Waals surface area contributed by atoms with Gasteiger partial charge in [0.05, 0.1) is 6.54 Å². The van der Waals surface area contributed by atoms with Gasteiger partial charge in [0, 0.05) is 11.2 Å². The Morgan fingerprint density at radius 1 is 1.09 bits per heavy atom. The molecule has 0 spiro atoms. The second kappa shape index (κ2) is 6.34. The number of nitrogens with zero attached hydrogens (tertiary/aromatic N) is 2. The van der Waals surface area contributed by atoms with Crippen LogP contribution in [0.15, 0.2) is 60.8 Å². The monoisotopic (exact) mass is 312 g/mol. The van der Waals surface area contributed by atoms with E-state index in [0.717, 1.165) is 11.1 Å². The van der Waals surface area contributed by atoms with Crippen molar-refractivity contribution in [3.63, 3.8) is 0 Å². The lowest BCUT2D eigenvalue weighted by molar-refractivity contribution is -0.125. The van der Waals surface area contributed by atoms with Crippen molar-refractivity contribution < 1.29 is 4.79 Å². The van der Waals surface area contributed by atoms with Crippen LogP contribution in [0.5, 0.6) is 0 Å². The minimum atomic E-state index is -0.0581. The lowest BCUT2D eigenvalue weighted by Gasteiger charge is -2.25. The number of carbonyl (C=O) groups is 1. The molecule has 3 rings (SSSR count). The van der Waals surface area contributed by atoms with Crippen molar-refractivity contribution in [3.05, 3.63) is 76.9 Å². The van der Waals surface area contributed by atoms with Gasteiger partial charge in [0.25, 0.3) is 0 Å². The molecule has 22 heavy (non-hydrogen) atoms. The first-order valence-electron chi connectivity index (χ1n) is 7.15. The van der Waals surface area contributed by atoms with Crippen LogP contribution < -0.4 is 0 Å². The summed E-state index contributed by atoms with van der Waals surface area (Å²) in [4.78, 5) is 16.1. The highest BCUT2D eigenvalue weighted by Crippen LogP contribution is 2.29. The Bertz CT molecular complexity index is 682. The van der Waals surface area contributed by atoms with Crippen molar-refractivity contribution in [2.24, 2.45) is 0 Å². The predicted octanol–water partition coefficient (Wildman–Crippen LogP) is 3.78. The van der Waals surface area contributed by atoms with Gasteiger partial charge in [-0.25, -0.2) is 0 Å². The smallest absolute Gasteiger partial charge is 0.242 e. The molecule has 1 fully saturated rings. The number of hydrogen-bond donors (Lipinski definition) is 0. The Morgan fingerprint density at radius 3 is 2.45 bits per heavy atom. The molecule has 1 amide bonds. The quantitative estimate of drug-likeness (QED) is 0.861. The highest BCUT2D eigenvalue weighted by Gasteiger charge is 2.34. The molecular weight excluding hydrogens is 296 g/mol. The largest absolute Gasteiger partial charge is 0.297 e. The molecule has 0 bridgehead atoms. The third-order valence-electron chi connectivity index (χ3n) is 3.75. The van der Waals surface area contributed by atoms with E-state index in [2.05, 4.69) is 0 Å². The summed E-state index contributed by atoms with van der Waals surface area (Å²) in [7, 11) is 1.96. The van der Waals surface area contributed by atoms with E-state index in [1.54, 1.807) is 4.90 Å². The maximum Gasteiger partial charge on any atom is 0.242 e. The summed E-state index contributed by atoms with van der Waals surface area (Å²) in [5, 5.41) is 0.705. The Kier molecular flexibility index (Phi) is 4.27. The summed E-state index contributed by atoms with van der Waals surface area (Å²) < 4.78 is 0. The molecule has 2 aromatic carbocycles. The van der Waals surface area contributed by atoms with Crippen LogP contribution in [-0.4, -0.2) is 29.3 Å². The molecule has 0 saturated carbocycles. The third kappa shape index (κ3) is 3.06. The third-order valence-corrected chi connectivity index (χ3v) is 4.00. The summed E-state index contributed by atoms with van der Waals surface area (Å²) in [5.74, 6) is 0.0987. The molecule has 1 saturated heterocycles. The van der Waals surface area contributed by atoms with Crippen LogP contribution in [0.25, 0.3) is 6.08 Å². The van der Waals surface area contributed by atoms with Crippen molar-refractivity contribution in [1.29, 1.82) is 0 Å². The number of likely N-dealkylation sites (N-methyl/N-ethyl adjacent to an activating group) is 1. The van der Waals surface area contributed by atoms with E-state index < -0.39 is 0 Å². The number of amides is 1. The Morgan fingerprint density at radius 2 is 1.77 bits per heavy atom. The summed E-state index contributed by atoms with van der Waals surface area (Å²) in [5.41, 5.74) is 2.12. The topological polar surface area (TPSA) is 23.6 Å². The van der Waals surface area contributed by atoms with Gasteiger partial charge >= 0.3 is 0 Å². The second-order valence-electron chi connectivity index (χ2n) is 5.37. The van der Waals surface area contributed by atoms with Gasteiger partial charge in [0.1, 0.15) is 6.17 Å². The van der Waals surface area contributed by atoms with Gasteiger partial charge in [0.15, 0.2) is 0 Å². The van der Waals surface area contributed by atoms with Crippen LogP contribution in [0.1, 0.15) is 17.3 Å². The number of hydrogen-bond acceptors (Lipinski definition) is 2. The highest BCUT2D eigenvalue weighted by atomic mass is 35.5. The fourth-order valence-electron chi connectivity index (χ4n) is 2.68. The molecule has 0 N–H and O–H groups in total. The van der Waals surface area contributed by atoms with Crippen LogP contribution in [0.4, 0.5) is 0 Å². The van der Waals surface area contributed by atoms with E-state index in [-0.39, 0.29) is 12.1 Å². The van der Waals surface area contributed by atoms with E-state index >= 15 is 0 Å². The van der Waals surface area contributed by atoms with Crippen LogP contribution >= 0.6 is 11.6 Å². The first kappa shape index (κ1) is 14.8. The fraction of sp³-hybridized carbons (Fsp3) is 0.167. The molecule has 0 aromatic heterocycles. The first-order valence-corrected chi connectivity index (χ1v) is 7.53. The van der Waals surface area contributed by atoms with Crippen LogP contribution in [0.2, 0.25) is 5.02 Å². The van der Waals surface area contributed by atoms with Gasteiger partial charge in [0.2, 0.25) is 5.91 Å². The van der Waals surface area contributed by atoms with Crippen molar-refractivity contribution in [2.75, 3.05) is 13.6 Å². The van der Waals surface area contributed by atoms with Crippen molar-refractivity contribution >= 4 is 23.6 Å². The van der Waals surface area contributed by atoms with Crippen molar-refractivity contribution in [1.82, 2.24) is 9.80 Å². The predicted molar refractivity (Wildman–Crippen MR) is 89.1 cm³/mol. The normalized spacial score (nSPS) is 19.3. The number of carbonyl (C=O) groups excluding carboxylic acids is 1. The molecule has 3 nitrogen and oxygen atoms in total. The van der Waals surface area contributed by atoms with E-state index in [9.17, 15) is 4.79 Å². The number of rotatable bonds is 3. The minimum absolute atomic E-state index is 0.0581. The van der Waals surface area contributed by atoms with Crippen LogP contribution in [0.3, 0.4) is 0 Å². The van der Waals surface area contributed by atoms with Crippen LogP contribution in [0, 0.1) is 0 Å². The van der Waals surface area contributed by atoms with Gasteiger partial charge in [-0.15, -0.1) is 0 Å². The Hall–Kier alpha value is -2.10. The van der Waals surface area contributed by atoms with Gasteiger partial charge in [-0.3, -0.25) is 14.6 Å². The Balaban J connectivity index is 1.86. The van der Waals surface area contributed by atoms with E-state index in [1.807, 2.05) is 78.8 Å². The molecule has 2 aromatic rings. The maximum absolute atomic E-state index is 12.3. The summed E-state index contributed by atoms with van der Waals surface area (Å²) in [6.07, 6.45) is 3.73. The summed E-state index contributed by atoms with van der Waals surface area (Å²) in [6, 6.07) is 17.6. The zero-order valence-corrected chi connectivity index (χ0v) is 13.1. The molecular formula is C18H17ClN2O. The molecule has 4 heteroatoms. The van der Waals surface area contributed by atoms with Crippen molar-refractivity contribution in [3.8, 4) is 0 Å². The average Bonchev–Trinajstić information content (AvgIpc) is 2.81. The minimum Gasteiger partial charge on any atom is -0.297 e. The van der Waals surface area contributed by atoms with E-state index in [4.69, 9.17) is 11.6 Å². The molecule has 1 aliphatic heterocycles. The standard InChI is InChI=1S/C18H17ClN2O/c1-20-13-17(22)21(18(20)15-5-3-2-4-6-15)12-11-14-7-9-16(19)10-8-14/h2-12,18H,13H2,1H3/b12-11-. The van der Waals surface area contributed by atoms with Gasteiger partial charge in [-0.1, -0.05) is 54.1 Å². The highest BCUT2D eigenvalue weighted by molar-refractivity contribution is 6.30. The second-order valence-corrected chi connectivity index (χ2v) is 5.80. The Labute approximate surface area is 135 Å². The molecule has 1 atom stereocenters. The molecule has 0 radical (unpaired) electrons. The molecule has 1 heterocycles. The zero-order valence-electron chi connectivity index (χ0n) is 12.3. The lowest BCUT2D eigenvalue weighted by Crippen LogP contribution is -2.26. The van der Waals surface area contributed by atoms with E-state index in [0.29, 0.717) is 11.6 Å². The summed E-state index contributed by atoms with van der Waals surface area (Å²) in [6.45, 7) is 0.421. The van der Waals surface area contributed by atoms with Gasteiger partial charge < -0.3 is 0 Å². The lowest BCUT2D eigenvalue weighted by atomic mass is 10.1.